The third kappa shape index (κ3) is 5.03. The number of amides is 1. The monoisotopic (exact) mass is 425 g/mol. The van der Waals surface area contributed by atoms with E-state index in [4.69, 9.17) is 4.74 Å². The van der Waals surface area contributed by atoms with E-state index in [2.05, 4.69) is 16.8 Å². The number of hydrogen-bond donors (Lipinski definition) is 1. The lowest BCUT2D eigenvalue weighted by molar-refractivity contribution is -0.151. The van der Waals surface area contributed by atoms with Gasteiger partial charge in [-0.2, -0.15) is 5.26 Å². The molecular weight excluding hydrogens is 390 g/mol. The van der Waals surface area contributed by atoms with Gasteiger partial charge in [-0.1, -0.05) is 13.3 Å². The lowest BCUT2D eigenvalue weighted by atomic mass is 9.84. The van der Waals surface area contributed by atoms with E-state index in [1.165, 1.54) is 25.7 Å². The second-order valence-corrected chi connectivity index (χ2v) is 9.33. The van der Waals surface area contributed by atoms with Crippen LogP contribution in [0.3, 0.4) is 0 Å². The van der Waals surface area contributed by atoms with Crippen molar-refractivity contribution in [2.24, 2.45) is 17.8 Å². The molecule has 0 spiro atoms. The van der Waals surface area contributed by atoms with Crippen molar-refractivity contribution in [3.05, 3.63) is 28.6 Å². The Bertz CT molecular complexity index is 908. The highest BCUT2D eigenvalue weighted by Gasteiger charge is 2.42. The first-order valence-corrected chi connectivity index (χ1v) is 11.5. The number of fused-ring (bicyclic) bond motifs is 2. The number of nitrogens with zero attached hydrogens (tertiary/aromatic N) is 2. The maximum atomic E-state index is 12.6. The summed E-state index contributed by atoms with van der Waals surface area (Å²) in [6, 6.07) is 3.96. The van der Waals surface area contributed by atoms with Gasteiger partial charge in [0.2, 0.25) is 0 Å². The molecule has 1 N–H and O–H groups in total. The van der Waals surface area contributed by atoms with Crippen LogP contribution in [-0.4, -0.2) is 28.6 Å². The lowest BCUT2D eigenvalue weighted by Crippen LogP contribution is -2.45. The van der Waals surface area contributed by atoms with Gasteiger partial charge in [-0.15, -0.1) is 0 Å². The molecule has 0 aromatic carbocycles. The predicted octanol–water partition coefficient (Wildman–Crippen LogP) is 4.29. The zero-order chi connectivity index (χ0) is 22.7. The normalized spacial score (nSPS) is 24.5. The smallest absolute Gasteiger partial charge is 0.349 e. The quantitative estimate of drug-likeness (QED) is 0.382. The molecule has 1 heterocycles. The molecule has 2 aliphatic carbocycles. The Balaban J connectivity index is 1.61. The van der Waals surface area contributed by atoms with Crippen molar-refractivity contribution < 1.29 is 14.3 Å². The van der Waals surface area contributed by atoms with Crippen LogP contribution in [0, 0.1) is 42.9 Å². The van der Waals surface area contributed by atoms with Gasteiger partial charge in [0.15, 0.2) is 6.10 Å². The minimum atomic E-state index is -0.946. The van der Waals surface area contributed by atoms with Gasteiger partial charge in [0, 0.05) is 24.0 Å². The summed E-state index contributed by atoms with van der Waals surface area (Å²) in [5, 5.41) is 12.5. The van der Waals surface area contributed by atoms with Crippen LogP contribution in [0.15, 0.2) is 11.6 Å². The molecule has 1 aromatic rings. The third-order valence-corrected chi connectivity index (χ3v) is 7.16. The van der Waals surface area contributed by atoms with Crippen LogP contribution in [0.2, 0.25) is 0 Å². The van der Waals surface area contributed by atoms with Crippen molar-refractivity contribution in [1.29, 1.82) is 5.26 Å². The van der Waals surface area contributed by atoms with Crippen LogP contribution >= 0.6 is 0 Å². The standard InChI is InChI=1S/C25H35N3O3/c1-6-9-28-15(2)10-21(17(28)4)13-22(14-26)25(30)31-18(5)24(29)27-16(3)23-12-19-7-8-20(23)11-19/h10,13,16,18-20,23H,6-9,11-12H2,1-5H3,(H,27,29)/b22-13+/t16-,18+,19-,20-,23+/m1/s1. The van der Waals surface area contributed by atoms with E-state index in [1.54, 1.807) is 13.0 Å². The van der Waals surface area contributed by atoms with Crippen molar-refractivity contribution in [3.63, 3.8) is 0 Å². The van der Waals surface area contributed by atoms with Crippen LogP contribution < -0.4 is 5.32 Å². The van der Waals surface area contributed by atoms with Gasteiger partial charge in [0.25, 0.3) is 5.91 Å². The van der Waals surface area contributed by atoms with Crippen molar-refractivity contribution >= 4 is 18.0 Å². The van der Waals surface area contributed by atoms with Crippen LogP contribution in [0.5, 0.6) is 0 Å². The highest BCUT2D eigenvalue weighted by atomic mass is 16.5. The fourth-order valence-corrected chi connectivity index (χ4v) is 5.47. The average Bonchev–Trinajstić information content (AvgIpc) is 3.43. The van der Waals surface area contributed by atoms with E-state index in [9.17, 15) is 14.9 Å². The van der Waals surface area contributed by atoms with Crippen LogP contribution in [-0.2, 0) is 20.9 Å². The molecule has 2 fully saturated rings. The molecular formula is C25H35N3O3. The van der Waals surface area contributed by atoms with E-state index in [1.807, 2.05) is 32.9 Å². The molecule has 2 saturated carbocycles. The van der Waals surface area contributed by atoms with E-state index < -0.39 is 12.1 Å². The van der Waals surface area contributed by atoms with Gasteiger partial charge < -0.3 is 14.6 Å². The number of carbonyl (C=O) groups excluding carboxylic acids is 2. The van der Waals surface area contributed by atoms with Gasteiger partial charge >= 0.3 is 5.97 Å². The second kappa shape index (κ2) is 9.72. The zero-order valence-corrected chi connectivity index (χ0v) is 19.4. The maximum Gasteiger partial charge on any atom is 0.349 e. The number of nitriles is 1. The number of ether oxygens (including phenoxy) is 1. The molecule has 0 unspecified atom stereocenters. The van der Waals surface area contributed by atoms with E-state index >= 15 is 0 Å². The fourth-order valence-electron chi connectivity index (χ4n) is 5.47. The van der Waals surface area contributed by atoms with Crippen LogP contribution in [0.25, 0.3) is 6.08 Å². The Morgan fingerprint density at radius 2 is 2.06 bits per heavy atom. The third-order valence-electron chi connectivity index (χ3n) is 7.16. The first-order chi connectivity index (χ1) is 14.7. The Labute approximate surface area is 185 Å². The van der Waals surface area contributed by atoms with Crippen molar-refractivity contribution in [2.45, 2.75) is 85.4 Å². The maximum absolute atomic E-state index is 12.6. The molecule has 1 aromatic heterocycles. The molecule has 3 rings (SSSR count). The number of aromatic nitrogens is 1. The highest BCUT2D eigenvalue weighted by molar-refractivity contribution is 5.99. The number of hydrogen-bond acceptors (Lipinski definition) is 4. The molecule has 2 aliphatic rings. The minimum absolute atomic E-state index is 0.0684. The summed E-state index contributed by atoms with van der Waals surface area (Å²) in [4.78, 5) is 25.2. The molecule has 0 radical (unpaired) electrons. The van der Waals surface area contributed by atoms with Crippen molar-refractivity contribution in [2.75, 3.05) is 0 Å². The van der Waals surface area contributed by atoms with Crippen molar-refractivity contribution in [1.82, 2.24) is 9.88 Å². The largest absolute Gasteiger partial charge is 0.448 e. The second-order valence-electron chi connectivity index (χ2n) is 9.33. The summed E-state index contributed by atoms with van der Waals surface area (Å²) in [6.45, 7) is 10.6. The number of nitrogens with one attached hydrogen (secondary N) is 1. The number of aryl methyl sites for hydroxylation is 1. The Kier molecular flexibility index (Phi) is 7.25. The molecule has 2 bridgehead atoms. The summed E-state index contributed by atoms with van der Waals surface area (Å²) in [5.41, 5.74) is 2.81. The Morgan fingerprint density at radius 1 is 1.32 bits per heavy atom. The van der Waals surface area contributed by atoms with Crippen LogP contribution in [0.4, 0.5) is 0 Å². The number of carbonyl (C=O) groups is 2. The van der Waals surface area contributed by atoms with Gasteiger partial charge in [0.1, 0.15) is 11.6 Å². The molecule has 0 saturated heterocycles. The zero-order valence-electron chi connectivity index (χ0n) is 19.4. The highest BCUT2D eigenvalue weighted by Crippen LogP contribution is 2.49. The molecule has 1 amide bonds. The van der Waals surface area contributed by atoms with E-state index in [0.29, 0.717) is 11.8 Å². The lowest BCUT2D eigenvalue weighted by Gasteiger charge is -2.29. The summed E-state index contributed by atoms with van der Waals surface area (Å²) in [6.07, 6.45) is 6.65. The van der Waals surface area contributed by atoms with Gasteiger partial charge in [0.05, 0.1) is 0 Å². The van der Waals surface area contributed by atoms with Crippen molar-refractivity contribution in [3.8, 4) is 6.07 Å². The summed E-state index contributed by atoms with van der Waals surface area (Å²) in [5.74, 6) is 0.962. The predicted molar refractivity (Wildman–Crippen MR) is 120 cm³/mol. The topological polar surface area (TPSA) is 84.1 Å². The first kappa shape index (κ1) is 23.1. The molecule has 168 valence electrons. The summed E-state index contributed by atoms with van der Waals surface area (Å²) < 4.78 is 7.50. The molecule has 6 nitrogen and oxygen atoms in total. The van der Waals surface area contributed by atoms with Crippen LogP contribution in [0.1, 0.15) is 69.8 Å². The number of esters is 1. The van der Waals surface area contributed by atoms with Gasteiger partial charge in [-0.25, -0.2) is 4.79 Å². The molecule has 0 aliphatic heterocycles. The molecule has 31 heavy (non-hydrogen) atoms. The first-order valence-electron chi connectivity index (χ1n) is 11.5. The minimum Gasteiger partial charge on any atom is -0.448 e. The SMILES string of the molecule is CCCn1c(C)cc(/C=C(\C#N)C(=O)O[C@@H](C)C(=O)N[C@H](C)[C@@H]2C[C@@H]3CC[C@@H]2C3)c1C. The Morgan fingerprint density at radius 3 is 2.65 bits per heavy atom. The summed E-state index contributed by atoms with van der Waals surface area (Å²) in [7, 11) is 0. The number of rotatable bonds is 8. The average molecular weight is 426 g/mol. The summed E-state index contributed by atoms with van der Waals surface area (Å²) >= 11 is 0. The van der Waals surface area contributed by atoms with E-state index in [-0.39, 0.29) is 17.5 Å². The van der Waals surface area contributed by atoms with Gasteiger partial charge in [-0.05, 0) is 88.8 Å². The molecule has 5 atom stereocenters. The fraction of sp³-hybridized carbons (Fsp3) is 0.640. The van der Waals surface area contributed by atoms with E-state index in [0.717, 1.165) is 35.8 Å². The molecule has 6 heteroatoms. The Hall–Kier alpha value is -2.55. The van der Waals surface area contributed by atoms with Gasteiger partial charge in [-0.3, -0.25) is 4.79 Å².